The Labute approximate surface area is 74.1 Å². The van der Waals surface area contributed by atoms with Gasteiger partial charge >= 0.3 is 0 Å². The molecule has 0 atom stereocenters. The van der Waals surface area contributed by atoms with Crippen LogP contribution in [0.25, 0.3) is 0 Å². The first-order chi connectivity index (χ1) is 6.11. The molecule has 0 bridgehead atoms. The van der Waals surface area contributed by atoms with Gasteiger partial charge in [-0.1, -0.05) is 0 Å². The van der Waals surface area contributed by atoms with Gasteiger partial charge in [-0.05, 0) is 6.92 Å². The highest BCUT2D eigenvalue weighted by Crippen LogP contribution is 2.24. The number of carbonyl (C=O) groups excluding carboxylic acids is 1. The average molecular weight is 186 g/mol. The molecule has 70 valence electrons. The molecular formula is C9H8F2O2. The number of rotatable bonds is 2. The Hall–Kier alpha value is -1.45. The number of benzene rings is 1. The molecule has 0 radical (unpaired) electrons. The average Bonchev–Trinajstić information content (AvgIpc) is 2.13. The minimum absolute atomic E-state index is 0.0874. The molecule has 0 N–H and O–H groups in total. The van der Waals surface area contributed by atoms with Crippen molar-refractivity contribution < 1.29 is 18.3 Å². The second-order valence-electron chi connectivity index (χ2n) is 2.53. The van der Waals surface area contributed by atoms with Gasteiger partial charge in [-0.15, -0.1) is 0 Å². The van der Waals surface area contributed by atoms with Crippen LogP contribution < -0.4 is 4.74 Å². The zero-order valence-corrected chi connectivity index (χ0v) is 7.23. The van der Waals surface area contributed by atoms with E-state index in [-0.39, 0.29) is 16.9 Å². The van der Waals surface area contributed by atoms with Crippen LogP contribution in [0.2, 0.25) is 0 Å². The third-order valence-electron chi connectivity index (χ3n) is 1.78. The summed E-state index contributed by atoms with van der Waals surface area (Å²) in [6, 6.07) is 0.988. The lowest BCUT2D eigenvalue weighted by Crippen LogP contribution is -1.99. The maximum atomic E-state index is 13.2. The predicted molar refractivity (Wildman–Crippen MR) is 43.0 cm³/mol. The molecule has 0 heterocycles. The largest absolute Gasteiger partial charge is 0.496 e. The Morgan fingerprint density at radius 1 is 1.46 bits per heavy atom. The van der Waals surface area contributed by atoms with Gasteiger partial charge in [0.05, 0.1) is 12.7 Å². The molecule has 4 heteroatoms. The second-order valence-corrected chi connectivity index (χ2v) is 2.53. The lowest BCUT2D eigenvalue weighted by Gasteiger charge is -2.07. The summed E-state index contributed by atoms with van der Waals surface area (Å²) >= 11 is 0. The van der Waals surface area contributed by atoms with Crippen LogP contribution in [0.1, 0.15) is 15.9 Å². The minimum atomic E-state index is -0.869. The van der Waals surface area contributed by atoms with Gasteiger partial charge in [-0.2, -0.15) is 0 Å². The maximum Gasteiger partial charge on any atom is 0.156 e. The van der Waals surface area contributed by atoms with Crippen molar-refractivity contribution in [1.29, 1.82) is 0 Å². The van der Waals surface area contributed by atoms with Crippen molar-refractivity contribution in [2.24, 2.45) is 0 Å². The van der Waals surface area contributed by atoms with E-state index in [9.17, 15) is 13.6 Å². The number of hydrogen-bond donors (Lipinski definition) is 0. The van der Waals surface area contributed by atoms with Crippen LogP contribution in [-0.4, -0.2) is 13.4 Å². The first-order valence-corrected chi connectivity index (χ1v) is 3.59. The van der Waals surface area contributed by atoms with Crippen LogP contribution in [0, 0.1) is 18.6 Å². The van der Waals surface area contributed by atoms with E-state index in [1.807, 2.05) is 0 Å². The van der Waals surface area contributed by atoms with Crippen molar-refractivity contribution in [3.63, 3.8) is 0 Å². The number of ether oxygens (including phenoxy) is 1. The van der Waals surface area contributed by atoms with Gasteiger partial charge in [-0.25, -0.2) is 8.78 Å². The summed E-state index contributed by atoms with van der Waals surface area (Å²) in [5.41, 5.74) is -0.427. The van der Waals surface area contributed by atoms with Gasteiger partial charge in [0, 0.05) is 11.6 Å². The fourth-order valence-electron chi connectivity index (χ4n) is 0.995. The van der Waals surface area contributed by atoms with Crippen molar-refractivity contribution in [2.75, 3.05) is 7.11 Å². The van der Waals surface area contributed by atoms with E-state index in [4.69, 9.17) is 0 Å². The van der Waals surface area contributed by atoms with Crippen LogP contribution in [0.15, 0.2) is 6.07 Å². The van der Waals surface area contributed by atoms with Crippen LogP contribution in [0.3, 0.4) is 0 Å². The number of aldehydes is 1. The molecule has 0 aliphatic rings. The zero-order valence-electron chi connectivity index (χ0n) is 7.23. The Morgan fingerprint density at radius 2 is 2.08 bits per heavy atom. The smallest absolute Gasteiger partial charge is 0.156 e. The van der Waals surface area contributed by atoms with Crippen LogP contribution in [0.5, 0.6) is 5.75 Å². The topological polar surface area (TPSA) is 26.3 Å². The van der Waals surface area contributed by atoms with Gasteiger partial charge < -0.3 is 4.74 Å². The Bertz CT molecular complexity index is 348. The Balaban J connectivity index is 3.47. The highest BCUT2D eigenvalue weighted by atomic mass is 19.1. The summed E-state index contributed by atoms with van der Waals surface area (Å²) in [5, 5.41) is 0. The molecule has 0 saturated carbocycles. The zero-order chi connectivity index (χ0) is 10.0. The molecule has 0 fully saturated rings. The monoisotopic (exact) mass is 186 g/mol. The third-order valence-corrected chi connectivity index (χ3v) is 1.78. The van der Waals surface area contributed by atoms with Gasteiger partial charge in [0.25, 0.3) is 0 Å². The summed E-state index contributed by atoms with van der Waals surface area (Å²) in [6.45, 7) is 1.26. The summed E-state index contributed by atoms with van der Waals surface area (Å²) in [7, 11) is 1.25. The van der Waals surface area contributed by atoms with Crippen molar-refractivity contribution in [3.05, 3.63) is 28.8 Å². The van der Waals surface area contributed by atoms with Crippen molar-refractivity contribution in [2.45, 2.75) is 6.92 Å². The SMILES string of the molecule is COc1cc(F)c(C)c(F)c1C=O. The maximum absolute atomic E-state index is 13.2. The highest BCUT2D eigenvalue weighted by Gasteiger charge is 2.15. The molecule has 1 aromatic rings. The van der Waals surface area contributed by atoms with E-state index in [2.05, 4.69) is 4.74 Å². The molecular weight excluding hydrogens is 178 g/mol. The summed E-state index contributed by atoms with van der Waals surface area (Å²) in [5.74, 6) is -1.68. The Morgan fingerprint density at radius 3 is 2.54 bits per heavy atom. The van der Waals surface area contributed by atoms with Crippen molar-refractivity contribution in [1.82, 2.24) is 0 Å². The molecule has 0 spiro atoms. The lowest BCUT2D eigenvalue weighted by molar-refractivity contribution is 0.111. The molecule has 13 heavy (non-hydrogen) atoms. The van der Waals surface area contributed by atoms with Gasteiger partial charge in [0.2, 0.25) is 0 Å². The van der Waals surface area contributed by atoms with Crippen molar-refractivity contribution >= 4 is 6.29 Å². The summed E-state index contributed by atoms with van der Waals surface area (Å²) in [6.07, 6.45) is 0.306. The normalized spacial score (nSPS) is 9.85. The molecule has 0 saturated heterocycles. The van der Waals surface area contributed by atoms with E-state index >= 15 is 0 Å². The standard InChI is InChI=1S/C9H8F2O2/c1-5-7(10)3-8(13-2)6(4-12)9(5)11/h3-4H,1-2H3. The number of halogens is 2. The van der Waals surface area contributed by atoms with Crippen LogP contribution in [0.4, 0.5) is 8.78 Å². The van der Waals surface area contributed by atoms with Gasteiger partial charge in [-0.3, -0.25) is 4.79 Å². The molecule has 0 aromatic heterocycles. The molecule has 0 amide bonds. The second kappa shape index (κ2) is 3.51. The van der Waals surface area contributed by atoms with Crippen molar-refractivity contribution in [3.8, 4) is 5.75 Å². The number of hydrogen-bond acceptors (Lipinski definition) is 2. The quantitative estimate of drug-likeness (QED) is 0.661. The first kappa shape index (κ1) is 9.64. The van der Waals surface area contributed by atoms with E-state index in [1.54, 1.807) is 0 Å². The molecule has 0 unspecified atom stereocenters. The molecule has 0 aliphatic heterocycles. The third kappa shape index (κ3) is 1.52. The summed E-state index contributed by atoms with van der Waals surface area (Å²) < 4.78 is 30.7. The van der Waals surface area contributed by atoms with Crippen LogP contribution in [-0.2, 0) is 0 Å². The van der Waals surface area contributed by atoms with Gasteiger partial charge in [0.15, 0.2) is 6.29 Å². The van der Waals surface area contributed by atoms with Gasteiger partial charge in [0.1, 0.15) is 17.4 Å². The van der Waals surface area contributed by atoms with E-state index in [0.717, 1.165) is 6.07 Å². The van der Waals surface area contributed by atoms with E-state index < -0.39 is 11.6 Å². The first-order valence-electron chi connectivity index (χ1n) is 3.59. The minimum Gasteiger partial charge on any atom is -0.496 e. The molecule has 0 aliphatic carbocycles. The number of carbonyl (C=O) groups is 1. The van der Waals surface area contributed by atoms with Crippen LogP contribution >= 0.6 is 0 Å². The highest BCUT2D eigenvalue weighted by molar-refractivity contribution is 5.80. The van der Waals surface area contributed by atoms with E-state index in [1.165, 1.54) is 14.0 Å². The number of methoxy groups -OCH3 is 1. The van der Waals surface area contributed by atoms with E-state index in [0.29, 0.717) is 6.29 Å². The lowest BCUT2D eigenvalue weighted by atomic mass is 10.1. The predicted octanol–water partition coefficient (Wildman–Crippen LogP) is 2.09. The molecule has 1 aromatic carbocycles. The molecule has 2 nitrogen and oxygen atoms in total. The molecule has 1 rings (SSSR count). The fourth-order valence-corrected chi connectivity index (χ4v) is 0.995. The Kier molecular flexibility index (Phi) is 2.60. The fraction of sp³-hybridized carbons (Fsp3) is 0.222. The summed E-state index contributed by atoms with van der Waals surface area (Å²) in [4.78, 5) is 10.4.